The molecular weight excluding hydrogens is 193 g/mol. The summed E-state index contributed by atoms with van der Waals surface area (Å²) in [5.74, 6) is 0. The van der Waals surface area contributed by atoms with Crippen molar-refractivity contribution in [1.29, 1.82) is 0 Å². The lowest BCUT2D eigenvalue weighted by atomic mass is 10.2. The van der Waals surface area contributed by atoms with Gasteiger partial charge in [-0.05, 0) is 32.5 Å². The summed E-state index contributed by atoms with van der Waals surface area (Å²) >= 11 is 0. The maximum atomic E-state index is 12.0. The molecule has 0 aromatic rings. The van der Waals surface area contributed by atoms with E-state index in [0.29, 0.717) is 19.6 Å². The maximum absolute atomic E-state index is 12.0. The minimum absolute atomic E-state index is 0.447. The molecule has 0 fully saturated rings. The van der Waals surface area contributed by atoms with Gasteiger partial charge in [0.2, 0.25) is 0 Å². The molecule has 0 heterocycles. The number of unbranched alkanes of at least 4 members (excludes halogenated alkanes) is 2. The largest absolute Gasteiger partial charge is 0.401 e. The topological polar surface area (TPSA) is 29.3 Å². The van der Waals surface area contributed by atoms with Crippen molar-refractivity contribution in [2.24, 2.45) is 5.73 Å². The van der Waals surface area contributed by atoms with Crippen LogP contribution in [0.15, 0.2) is 0 Å². The highest BCUT2D eigenvalue weighted by molar-refractivity contribution is 4.61. The number of alkyl halides is 3. The van der Waals surface area contributed by atoms with E-state index in [-0.39, 0.29) is 0 Å². The third kappa shape index (κ3) is 8.31. The van der Waals surface area contributed by atoms with Crippen molar-refractivity contribution in [3.05, 3.63) is 0 Å². The molecule has 0 radical (unpaired) electrons. The first kappa shape index (κ1) is 13.7. The fourth-order valence-electron chi connectivity index (χ4n) is 1.26. The molecule has 0 aliphatic rings. The van der Waals surface area contributed by atoms with Gasteiger partial charge < -0.3 is 5.73 Å². The summed E-state index contributed by atoms with van der Waals surface area (Å²) in [4.78, 5) is 1.41. The van der Waals surface area contributed by atoms with E-state index in [0.717, 1.165) is 19.3 Å². The van der Waals surface area contributed by atoms with Crippen LogP contribution in [-0.2, 0) is 0 Å². The van der Waals surface area contributed by atoms with E-state index in [1.54, 1.807) is 6.92 Å². The van der Waals surface area contributed by atoms with Gasteiger partial charge in [-0.15, -0.1) is 0 Å². The average molecular weight is 212 g/mol. The van der Waals surface area contributed by atoms with E-state index in [4.69, 9.17) is 5.73 Å². The van der Waals surface area contributed by atoms with Gasteiger partial charge in [0.1, 0.15) is 0 Å². The third-order valence-electron chi connectivity index (χ3n) is 2.03. The maximum Gasteiger partial charge on any atom is 0.401 e. The molecule has 2 nitrogen and oxygen atoms in total. The van der Waals surface area contributed by atoms with Crippen molar-refractivity contribution < 1.29 is 13.2 Å². The van der Waals surface area contributed by atoms with Gasteiger partial charge in [0.05, 0.1) is 6.54 Å². The van der Waals surface area contributed by atoms with Crippen LogP contribution in [0.2, 0.25) is 0 Å². The van der Waals surface area contributed by atoms with Crippen LogP contribution >= 0.6 is 0 Å². The zero-order chi connectivity index (χ0) is 11.0. The van der Waals surface area contributed by atoms with Crippen molar-refractivity contribution in [3.63, 3.8) is 0 Å². The number of halogens is 3. The van der Waals surface area contributed by atoms with Crippen LogP contribution in [0.25, 0.3) is 0 Å². The fraction of sp³-hybridized carbons (Fsp3) is 1.00. The van der Waals surface area contributed by atoms with E-state index in [1.807, 2.05) is 0 Å². The quantitative estimate of drug-likeness (QED) is 0.654. The van der Waals surface area contributed by atoms with Crippen LogP contribution in [-0.4, -0.2) is 37.3 Å². The smallest absolute Gasteiger partial charge is 0.330 e. The van der Waals surface area contributed by atoms with Gasteiger partial charge in [-0.3, -0.25) is 4.90 Å². The van der Waals surface area contributed by atoms with Crippen LogP contribution in [0.4, 0.5) is 13.2 Å². The Morgan fingerprint density at radius 3 is 2.21 bits per heavy atom. The Hall–Kier alpha value is -0.290. The van der Waals surface area contributed by atoms with Gasteiger partial charge in [-0.1, -0.05) is 13.3 Å². The summed E-state index contributed by atoms with van der Waals surface area (Å²) < 4.78 is 36.0. The van der Waals surface area contributed by atoms with Gasteiger partial charge >= 0.3 is 6.18 Å². The first-order valence-corrected chi connectivity index (χ1v) is 4.98. The third-order valence-corrected chi connectivity index (χ3v) is 2.03. The van der Waals surface area contributed by atoms with Crippen molar-refractivity contribution >= 4 is 0 Å². The summed E-state index contributed by atoms with van der Waals surface area (Å²) in [5.41, 5.74) is 5.29. The molecule has 0 amide bonds. The molecular formula is C9H19F3N2. The zero-order valence-electron chi connectivity index (χ0n) is 8.61. The Morgan fingerprint density at radius 2 is 1.79 bits per heavy atom. The molecule has 0 bridgehead atoms. The molecule has 0 spiro atoms. The average Bonchev–Trinajstić information content (AvgIpc) is 2.08. The molecule has 0 saturated carbocycles. The van der Waals surface area contributed by atoms with Crippen LogP contribution < -0.4 is 5.73 Å². The molecule has 0 aromatic carbocycles. The number of rotatable bonds is 7. The highest BCUT2D eigenvalue weighted by Gasteiger charge is 2.29. The van der Waals surface area contributed by atoms with E-state index >= 15 is 0 Å². The molecule has 2 N–H and O–H groups in total. The number of nitrogens with zero attached hydrogens (tertiary/aromatic N) is 1. The SMILES string of the molecule is CCN(CCCCCN)CC(F)(F)F. The number of hydrogen-bond donors (Lipinski definition) is 1. The molecule has 14 heavy (non-hydrogen) atoms. The molecule has 0 unspecified atom stereocenters. The summed E-state index contributed by atoms with van der Waals surface area (Å²) in [6.45, 7) is 2.52. The Labute approximate surface area is 83.3 Å². The molecule has 0 rings (SSSR count). The Bertz CT molecular complexity index is 137. The molecule has 86 valence electrons. The monoisotopic (exact) mass is 212 g/mol. The van der Waals surface area contributed by atoms with Gasteiger partial charge in [0.15, 0.2) is 0 Å². The second-order valence-electron chi connectivity index (χ2n) is 3.33. The highest BCUT2D eigenvalue weighted by Crippen LogP contribution is 2.16. The van der Waals surface area contributed by atoms with E-state index in [9.17, 15) is 13.2 Å². The van der Waals surface area contributed by atoms with Gasteiger partial charge in [-0.25, -0.2) is 0 Å². The lowest BCUT2D eigenvalue weighted by Crippen LogP contribution is -2.34. The fourth-order valence-corrected chi connectivity index (χ4v) is 1.26. The van der Waals surface area contributed by atoms with E-state index < -0.39 is 12.7 Å². The normalized spacial score (nSPS) is 12.4. The minimum atomic E-state index is -4.08. The highest BCUT2D eigenvalue weighted by atomic mass is 19.4. The second kappa shape index (κ2) is 7.06. The standard InChI is InChI=1S/C9H19F3N2/c1-2-14(8-9(10,11)12)7-5-3-4-6-13/h2-8,13H2,1H3. The van der Waals surface area contributed by atoms with E-state index in [2.05, 4.69) is 0 Å². The molecule has 0 aliphatic heterocycles. The summed E-state index contributed by atoms with van der Waals surface area (Å²) in [7, 11) is 0. The van der Waals surface area contributed by atoms with Crippen molar-refractivity contribution in [2.75, 3.05) is 26.2 Å². The Morgan fingerprint density at radius 1 is 1.14 bits per heavy atom. The predicted molar refractivity (Wildman–Crippen MR) is 51.1 cm³/mol. The number of hydrogen-bond acceptors (Lipinski definition) is 2. The van der Waals surface area contributed by atoms with Gasteiger partial charge in [-0.2, -0.15) is 13.2 Å². The lowest BCUT2D eigenvalue weighted by Gasteiger charge is -2.21. The molecule has 0 aromatic heterocycles. The van der Waals surface area contributed by atoms with Gasteiger partial charge in [0, 0.05) is 0 Å². The van der Waals surface area contributed by atoms with Crippen LogP contribution in [0, 0.1) is 0 Å². The summed E-state index contributed by atoms with van der Waals surface area (Å²) in [5, 5.41) is 0. The predicted octanol–water partition coefficient (Wildman–Crippen LogP) is 2.00. The minimum Gasteiger partial charge on any atom is -0.330 e. The summed E-state index contributed by atoms with van der Waals surface area (Å²) in [6.07, 6.45) is -1.49. The zero-order valence-corrected chi connectivity index (χ0v) is 8.61. The van der Waals surface area contributed by atoms with Crippen LogP contribution in [0.1, 0.15) is 26.2 Å². The number of nitrogens with two attached hydrogens (primary N) is 1. The molecule has 0 atom stereocenters. The van der Waals surface area contributed by atoms with Crippen molar-refractivity contribution in [1.82, 2.24) is 4.90 Å². The molecule has 0 aliphatic carbocycles. The second-order valence-corrected chi connectivity index (χ2v) is 3.33. The van der Waals surface area contributed by atoms with E-state index in [1.165, 1.54) is 4.90 Å². The Kier molecular flexibility index (Phi) is 6.92. The Balaban J connectivity index is 3.58. The molecule has 0 saturated heterocycles. The van der Waals surface area contributed by atoms with Gasteiger partial charge in [0.25, 0.3) is 0 Å². The first-order chi connectivity index (χ1) is 6.49. The lowest BCUT2D eigenvalue weighted by molar-refractivity contribution is -0.145. The van der Waals surface area contributed by atoms with Crippen molar-refractivity contribution in [3.8, 4) is 0 Å². The van der Waals surface area contributed by atoms with Crippen molar-refractivity contribution in [2.45, 2.75) is 32.4 Å². The van der Waals surface area contributed by atoms with Crippen LogP contribution in [0.5, 0.6) is 0 Å². The van der Waals surface area contributed by atoms with Crippen LogP contribution in [0.3, 0.4) is 0 Å². The first-order valence-electron chi connectivity index (χ1n) is 4.98. The summed E-state index contributed by atoms with van der Waals surface area (Å²) in [6, 6.07) is 0. The molecule has 5 heteroatoms.